The Morgan fingerprint density at radius 1 is 1.04 bits per heavy atom. The van der Waals surface area contributed by atoms with Crippen molar-refractivity contribution in [2.45, 2.75) is 11.0 Å². The molecule has 0 unspecified atom stereocenters. The number of anilines is 1. The first-order valence-electron chi connectivity index (χ1n) is 7.95. The SMILES string of the molecule is COc1ccc(S(=O)(=O)NC[C@@H](O)c2ccc(N(C)C)cc2)cc1OC. The molecule has 2 aromatic rings. The van der Waals surface area contributed by atoms with E-state index in [1.807, 2.05) is 31.1 Å². The molecule has 0 saturated heterocycles. The lowest BCUT2D eigenvalue weighted by Crippen LogP contribution is -2.28. The van der Waals surface area contributed by atoms with E-state index in [0.717, 1.165) is 5.69 Å². The summed E-state index contributed by atoms with van der Waals surface area (Å²) in [6, 6.07) is 11.6. The molecule has 0 aliphatic rings. The van der Waals surface area contributed by atoms with E-state index in [9.17, 15) is 13.5 Å². The topological polar surface area (TPSA) is 88.1 Å². The number of methoxy groups -OCH3 is 2. The molecule has 0 bridgehead atoms. The molecule has 0 radical (unpaired) electrons. The van der Waals surface area contributed by atoms with Crippen LogP contribution in [0.5, 0.6) is 11.5 Å². The quantitative estimate of drug-likeness (QED) is 0.726. The number of aliphatic hydroxyl groups is 1. The normalized spacial score (nSPS) is 12.5. The lowest BCUT2D eigenvalue weighted by atomic mass is 10.1. The number of hydrogen-bond donors (Lipinski definition) is 2. The zero-order chi connectivity index (χ0) is 19.3. The molecule has 1 atom stereocenters. The van der Waals surface area contributed by atoms with Gasteiger partial charge in [-0.15, -0.1) is 0 Å². The van der Waals surface area contributed by atoms with Gasteiger partial charge in [-0.05, 0) is 29.8 Å². The first kappa shape index (κ1) is 20.0. The van der Waals surface area contributed by atoms with Crippen molar-refractivity contribution in [3.63, 3.8) is 0 Å². The fourth-order valence-electron chi connectivity index (χ4n) is 2.37. The fourth-order valence-corrected chi connectivity index (χ4v) is 3.42. The maximum atomic E-state index is 12.5. The van der Waals surface area contributed by atoms with Gasteiger partial charge in [0.25, 0.3) is 0 Å². The van der Waals surface area contributed by atoms with E-state index in [0.29, 0.717) is 17.1 Å². The summed E-state index contributed by atoms with van der Waals surface area (Å²) >= 11 is 0. The van der Waals surface area contributed by atoms with Crippen LogP contribution in [0.15, 0.2) is 47.4 Å². The number of hydrogen-bond acceptors (Lipinski definition) is 6. The van der Waals surface area contributed by atoms with Crippen LogP contribution < -0.4 is 19.1 Å². The summed E-state index contributed by atoms with van der Waals surface area (Å²) in [5.41, 5.74) is 1.62. The van der Waals surface area contributed by atoms with Gasteiger partial charge in [0.1, 0.15) is 0 Å². The predicted molar refractivity (Wildman–Crippen MR) is 100 cm³/mol. The first-order chi connectivity index (χ1) is 12.3. The predicted octanol–water partition coefficient (Wildman–Crippen LogP) is 1.78. The molecule has 8 heteroatoms. The number of rotatable bonds is 8. The molecule has 0 heterocycles. The van der Waals surface area contributed by atoms with Crippen molar-refractivity contribution in [3.8, 4) is 11.5 Å². The molecule has 0 aliphatic heterocycles. The summed E-state index contributed by atoms with van der Waals surface area (Å²) in [5.74, 6) is 0.752. The lowest BCUT2D eigenvalue weighted by molar-refractivity contribution is 0.182. The second-order valence-corrected chi connectivity index (χ2v) is 7.64. The third-order valence-corrected chi connectivity index (χ3v) is 5.35. The van der Waals surface area contributed by atoms with Crippen molar-refractivity contribution in [1.82, 2.24) is 4.72 Å². The number of ether oxygens (including phenoxy) is 2. The van der Waals surface area contributed by atoms with Crippen molar-refractivity contribution in [3.05, 3.63) is 48.0 Å². The van der Waals surface area contributed by atoms with Crippen LogP contribution in [0.4, 0.5) is 5.69 Å². The minimum absolute atomic E-state index is 0.0327. The van der Waals surface area contributed by atoms with Crippen molar-refractivity contribution in [2.24, 2.45) is 0 Å². The van der Waals surface area contributed by atoms with Gasteiger partial charge in [0.2, 0.25) is 10.0 Å². The zero-order valence-corrected chi connectivity index (χ0v) is 16.1. The molecular weight excluding hydrogens is 356 g/mol. The van der Waals surface area contributed by atoms with Crippen molar-refractivity contribution >= 4 is 15.7 Å². The van der Waals surface area contributed by atoms with Crippen LogP contribution in [-0.4, -0.2) is 48.4 Å². The van der Waals surface area contributed by atoms with Crippen molar-refractivity contribution in [2.75, 3.05) is 39.8 Å². The molecule has 0 spiro atoms. The van der Waals surface area contributed by atoms with Crippen molar-refractivity contribution in [1.29, 1.82) is 0 Å². The molecule has 2 aromatic carbocycles. The van der Waals surface area contributed by atoms with Gasteiger partial charge >= 0.3 is 0 Å². The number of sulfonamides is 1. The second-order valence-electron chi connectivity index (χ2n) is 5.87. The van der Waals surface area contributed by atoms with E-state index >= 15 is 0 Å². The minimum Gasteiger partial charge on any atom is -0.493 e. The molecule has 0 saturated carbocycles. The number of nitrogens with one attached hydrogen (secondary N) is 1. The number of aliphatic hydroxyl groups excluding tert-OH is 1. The standard InChI is InChI=1S/C18H24N2O5S/c1-20(2)14-7-5-13(6-8-14)16(21)12-19-26(22,23)15-9-10-17(24-3)18(11-15)25-4/h5-11,16,19,21H,12H2,1-4H3/t16-/m1/s1. The molecule has 0 fully saturated rings. The zero-order valence-electron chi connectivity index (χ0n) is 15.3. The molecule has 0 aromatic heterocycles. The number of nitrogens with zero attached hydrogens (tertiary/aromatic N) is 1. The fraction of sp³-hybridized carbons (Fsp3) is 0.333. The highest BCUT2D eigenvalue weighted by atomic mass is 32.2. The Balaban J connectivity index is 2.09. The van der Waals surface area contributed by atoms with Crippen LogP contribution in [0.2, 0.25) is 0 Å². The number of benzene rings is 2. The maximum absolute atomic E-state index is 12.5. The Hall–Kier alpha value is -2.29. The molecular formula is C18H24N2O5S. The van der Waals surface area contributed by atoms with E-state index in [1.165, 1.54) is 32.4 Å². The Morgan fingerprint density at radius 2 is 1.65 bits per heavy atom. The second kappa shape index (κ2) is 8.39. The third-order valence-electron chi connectivity index (χ3n) is 3.93. The van der Waals surface area contributed by atoms with E-state index < -0.39 is 16.1 Å². The molecule has 26 heavy (non-hydrogen) atoms. The van der Waals surface area contributed by atoms with Gasteiger partial charge in [-0.3, -0.25) is 0 Å². The highest BCUT2D eigenvalue weighted by molar-refractivity contribution is 7.89. The van der Waals surface area contributed by atoms with Crippen LogP contribution in [0, 0.1) is 0 Å². The van der Waals surface area contributed by atoms with Crippen molar-refractivity contribution < 1.29 is 23.0 Å². The van der Waals surface area contributed by atoms with Gasteiger partial charge in [0.15, 0.2) is 11.5 Å². The maximum Gasteiger partial charge on any atom is 0.240 e. The summed E-state index contributed by atoms with van der Waals surface area (Å²) in [4.78, 5) is 1.97. The van der Waals surface area contributed by atoms with Crippen LogP contribution in [0.25, 0.3) is 0 Å². The Bertz CT molecular complexity index is 835. The van der Waals surface area contributed by atoms with E-state index in [4.69, 9.17) is 9.47 Å². The summed E-state index contributed by atoms with van der Waals surface area (Å²) in [6.45, 7) is -0.141. The van der Waals surface area contributed by atoms with Gasteiger partial charge in [0, 0.05) is 32.4 Å². The largest absolute Gasteiger partial charge is 0.493 e. The molecule has 2 rings (SSSR count). The van der Waals surface area contributed by atoms with Crippen LogP contribution >= 0.6 is 0 Å². The Labute approximate surface area is 154 Å². The first-order valence-corrected chi connectivity index (χ1v) is 9.44. The van der Waals surface area contributed by atoms with E-state index in [1.54, 1.807) is 12.1 Å². The smallest absolute Gasteiger partial charge is 0.240 e. The van der Waals surface area contributed by atoms with Gasteiger partial charge in [0.05, 0.1) is 25.2 Å². The molecule has 0 amide bonds. The Kier molecular flexibility index (Phi) is 6.47. The highest BCUT2D eigenvalue weighted by Crippen LogP contribution is 2.29. The molecule has 142 valence electrons. The Morgan fingerprint density at radius 3 is 2.19 bits per heavy atom. The molecule has 2 N–H and O–H groups in total. The molecule has 0 aliphatic carbocycles. The van der Waals surface area contributed by atoms with Crippen LogP contribution in [-0.2, 0) is 10.0 Å². The van der Waals surface area contributed by atoms with Crippen LogP contribution in [0.3, 0.4) is 0 Å². The van der Waals surface area contributed by atoms with Gasteiger partial charge in [-0.25, -0.2) is 13.1 Å². The average Bonchev–Trinajstić information content (AvgIpc) is 2.65. The van der Waals surface area contributed by atoms with E-state index in [-0.39, 0.29) is 11.4 Å². The summed E-state index contributed by atoms with van der Waals surface area (Å²) in [6.07, 6.45) is -0.957. The minimum atomic E-state index is -3.80. The average molecular weight is 380 g/mol. The summed E-state index contributed by atoms with van der Waals surface area (Å²) in [5, 5.41) is 10.3. The lowest BCUT2D eigenvalue weighted by Gasteiger charge is -2.16. The third kappa shape index (κ3) is 4.66. The molecule has 7 nitrogen and oxygen atoms in total. The van der Waals surface area contributed by atoms with Gasteiger partial charge < -0.3 is 19.5 Å². The monoisotopic (exact) mass is 380 g/mol. The summed E-state index contributed by atoms with van der Waals surface area (Å²) in [7, 11) is 2.95. The van der Waals surface area contributed by atoms with E-state index in [2.05, 4.69) is 4.72 Å². The highest BCUT2D eigenvalue weighted by Gasteiger charge is 2.19. The van der Waals surface area contributed by atoms with Gasteiger partial charge in [-0.1, -0.05) is 12.1 Å². The van der Waals surface area contributed by atoms with Gasteiger partial charge in [-0.2, -0.15) is 0 Å². The summed E-state index contributed by atoms with van der Waals surface area (Å²) < 4.78 is 37.6. The van der Waals surface area contributed by atoms with Crippen LogP contribution in [0.1, 0.15) is 11.7 Å².